The Morgan fingerprint density at radius 3 is 2.93 bits per heavy atom. The molecule has 14 heavy (non-hydrogen) atoms. The topological polar surface area (TPSA) is 50.1 Å². The lowest BCUT2D eigenvalue weighted by Gasteiger charge is -2.15. The minimum absolute atomic E-state index is 0.196. The molecule has 0 saturated carbocycles. The van der Waals surface area contributed by atoms with Crippen LogP contribution in [-0.2, 0) is 6.54 Å². The van der Waals surface area contributed by atoms with Gasteiger partial charge < -0.3 is 15.0 Å². The molecule has 2 N–H and O–H groups in total. The Hall–Kier alpha value is -0.870. The average Bonchev–Trinajstić information content (AvgIpc) is 2.59. The number of rotatable bonds is 6. The Labute approximate surface area is 85.0 Å². The molecule has 1 rings (SSSR count). The SMILES string of the molecule is CCNC(CO)CCn1ccnc1C. The molecule has 0 saturated heterocycles. The second-order valence-electron chi connectivity index (χ2n) is 3.39. The zero-order valence-corrected chi connectivity index (χ0v) is 8.90. The molecule has 1 atom stereocenters. The van der Waals surface area contributed by atoms with Gasteiger partial charge in [0.05, 0.1) is 6.61 Å². The molecule has 1 unspecified atom stereocenters. The number of nitrogens with zero attached hydrogens (tertiary/aromatic N) is 2. The Kier molecular flexibility index (Phi) is 4.62. The van der Waals surface area contributed by atoms with Gasteiger partial charge in [0.15, 0.2) is 0 Å². The van der Waals surface area contributed by atoms with E-state index < -0.39 is 0 Å². The minimum atomic E-state index is 0.196. The Bertz CT molecular complexity index is 260. The molecular weight excluding hydrogens is 178 g/mol. The van der Waals surface area contributed by atoms with Crippen molar-refractivity contribution < 1.29 is 5.11 Å². The van der Waals surface area contributed by atoms with Gasteiger partial charge in [-0.05, 0) is 19.9 Å². The number of aromatic nitrogens is 2. The summed E-state index contributed by atoms with van der Waals surface area (Å²) in [4.78, 5) is 4.15. The summed E-state index contributed by atoms with van der Waals surface area (Å²) in [6.45, 7) is 6.03. The van der Waals surface area contributed by atoms with Crippen LogP contribution in [0, 0.1) is 6.92 Å². The lowest BCUT2D eigenvalue weighted by molar-refractivity contribution is 0.233. The highest BCUT2D eigenvalue weighted by atomic mass is 16.3. The van der Waals surface area contributed by atoms with Crippen molar-refractivity contribution in [2.75, 3.05) is 13.2 Å². The van der Waals surface area contributed by atoms with E-state index in [-0.39, 0.29) is 12.6 Å². The summed E-state index contributed by atoms with van der Waals surface area (Å²) >= 11 is 0. The van der Waals surface area contributed by atoms with Crippen LogP contribution in [0.4, 0.5) is 0 Å². The van der Waals surface area contributed by atoms with Gasteiger partial charge >= 0.3 is 0 Å². The number of likely N-dealkylation sites (N-methyl/N-ethyl adjacent to an activating group) is 1. The van der Waals surface area contributed by atoms with Crippen molar-refractivity contribution in [2.45, 2.75) is 32.9 Å². The van der Waals surface area contributed by atoms with Crippen LogP contribution in [0.1, 0.15) is 19.2 Å². The van der Waals surface area contributed by atoms with Crippen molar-refractivity contribution in [2.24, 2.45) is 0 Å². The highest BCUT2D eigenvalue weighted by Crippen LogP contribution is 2.00. The zero-order valence-electron chi connectivity index (χ0n) is 8.90. The van der Waals surface area contributed by atoms with Crippen molar-refractivity contribution in [3.63, 3.8) is 0 Å². The summed E-state index contributed by atoms with van der Waals surface area (Å²) in [6, 6.07) is 0.196. The van der Waals surface area contributed by atoms with E-state index in [1.165, 1.54) is 0 Å². The smallest absolute Gasteiger partial charge is 0.105 e. The van der Waals surface area contributed by atoms with Gasteiger partial charge in [-0.3, -0.25) is 0 Å². The van der Waals surface area contributed by atoms with Gasteiger partial charge in [0.2, 0.25) is 0 Å². The van der Waals surface area contributed by atoms with E-state index in [0.717, 1.165) is 25.3 Å². The van der Waals surface area contributed by atoms with Crippen LogP contribution in [0.5, 0.6) is 0 Å². The first kappa shape index (κ1) is 11.2. The molecule has 1 heterocycles. The number of aliphatic hydroxyl groups excluding tert-OH is 1. The first-order valence-corrected chi connectivity index (χ1v) is 5.10. The standard InChI is InChI=1S/C10H19N3O/c1-3-11-10(8-14)4-6-13-7-5-12-9(13)2/h5,7,10-11,14H,3-4,6,8H2,1-2H3. The second-order valence-corrected chi connectivity index (χ2v) is 3.39. The van der Waals surface area contributed by atoms with Gasteiger partial charge in [-0.15, -0.1) is 0 Å². The summed E-state index contributed by atoms with van der Waals surface area (Å²) < 4.78 is 2.10. The van der Waals surface area contributed by atoms with Crippen molar-refractivity contribution in [3.8, 4) is 0 Å². The number of aliphatic hydroxyl groups is 1. The third-order valence-corrected chi connectivity index (χ3v) is 2.36. The van der Waals surface area contributed by atoms with E-state index in [2.05, 4.69) is 14.9 Å². The number of hydrogen-bond acceptors (Lipinski definition) is 3. The van der Waals surface area contributed by atoms with Crippen molar-refractivity contribution in [3.05, 3.63) is 18.2 Å². The van der Waals surface area contributed by atoms with Gasteiger partial charge in [0.25, 0.3) is 0 Å². The normalized spacial score (nSPS) is 13.1. The number of nitrogens with one attached hydrogen (secondary N) is 1. The van der Waals surface area contributed by atoms with Crippen LogP contribution in [0.25, 0.3) is 0 Å². The van der Waals surface area contributed by atoms with Crippen LogP contribution < -0.4 is 5.32 Å². The fourth-order valence-corrected chi connectivity index (χ4v) is 1.48. The maximum absolute atomic E-state index is 9.07. The summed E-state index contributed by atoms with van der Waals surface area (Å²) in [6.07, 6.45) is 4.70. The molecule has 0 aliphatic heterocycles. The molecule has 1 aromatic heterocycles. The largest absolute Gasteiger partial charge is 0.395 e. The molecule has 0 aliphatic carbocycles. The molecule has 4 heteroatoms. The molecule has 0 aliphatic rings. The molecule has 4 nitrogen and oxygen atoms in total. The van der Waals surface area contributed by atoms with Crippen LogP contribution >= 0.6 is 0 Å². The monoisotopic (exact) mass is 197 g/mol. The molecule has 0 amide bonds. The maximum Gasteiger partial charge on any atom is 0.105 e. The Morgan fingerprint density at radius 2 is 2.43 bits per heavy atom. The van der Waals surface area contributed by atoms with Crippen LogP contribution in [-0.4, -0.2) is 33.9 Å². The first-order valence-electron chi connectivity index (χ1n) is 5.10. The molecule has 0 radical (unpaired) electrons. The summed E-state index contributed by atoms with van der Waals surface area (Å²) in [5.41, 5.74) is 0. The number of hydrogen-bond donors (Lipinski definition) is 2. The molecule has 0 spiro atoms. The highest BCUT2D eigenvalue weighted by Gasteiger charge is 2.05. The van der Waals surface area contributed by atoms with Gasteiger partial charge in [0.1, 0.15) is 5.82 Å². The zero-order chi connectivity index (χ0) is 10.4. The van der Waals surface area contributed by atoms with Crippen LogP contribution in [0.2, 0.25) is 0 Å². The predicted molar refractivity (Wildman–Crippen MR) is 56.1 cm³/mol. The summed E-state index contributed by atoms with van der Waals surface area (Å²) in [7, 11) is 0. The lowest BCUT2D eigenvalue weighted by Crippen LogP contribution is -2.33. The fourth-order valence-electron chi connectivity index (χ4n) is 1.48. The number of aryl methyl sites for hydroxylation is 2. The quantitative estimate of drug-likeness (QED) is 0.700. The van der Waals surface area contributed by atoms with E-state index in [1.807, 2.05) is 20.0 Å². The second kappa shape index (κ2) is 5.78. The fraction of sp³-hybridized carbons (Fsp3) is 0.700. The third-order valence-electron chi connectivity index (χ3n) is 2.36. The minimum Gasteiger partial charge on any atom is -0.395 e. The molecule has 80 valence electrons. The van der Waals surface area contributed by atoms with E-state index in [9.17, 15) is 0 Å². The van der Waals surface area contributed by atoms with Crippen molar-refractivity contribution in [1.82, 2.24) is 14.9 Å². The van der Waals surface area contributed by atoms with Gasteiger partial charge in [0, 0.05) is 25.0 Å². The Morgan fingerprint density at radius 1 is 1.64 bits per heavy atom. The predicted octanol–water partition coefficient (Wildman–Crippen LogP) is 0.552. The van der Waals surface area contributed by atoms with Crippen LogP contribution in [0.15, 0.2) is 12.4 Å². The third kappa shape index (κ3) is 3.12. The van der Waals surface area contributed by atoms with Crippen LogP contribution in [0.3, 0.4) is 0 Å². The molecule has 0 fully saturated rings. The van der Waals surface area contributed by atoms with Gasteiger partial charge in [-0.1, -0.05) is 6.92 Å². The first-order chi connectivity index (χ1) is 6.77. The van der Waals surface area contributed by atoms with Gasteiger partial charge in [-0.2, -0.15) is 0 Å². The van der Waals surface area contributed by atoms with Crippen molar-refractivity contribution in [1.29, 1.82) is 0 Å². The highest BCUT2D eigenvalue weighted by molar-refractivity contribution is 4.88. The molecule has 0 bridgehead atoms. The average molecular weight is 197 g/mol. The van der Waals surface area contributed by atoms with E-state index in [0.29, 0.717) is 0 Å². The summed E-state index contributed by atoms with van der Waals surface area (Å²) in [5, 5.41) is 12.3. The lowest BCUT2D eigenvalue weighted by atomic mass is 10.2. The maximum atomic E-state index is 9.07. The van der Waals surface area contributed by atoms with Gasteiger partial charge in [-0.25, -0.2) is 4.98 Å². The molecular formula is C10H19N3O. The summed E-state index contributed by atoms with van der Waals surface area (Å²) in [5.74, 6) is 1.03. The van der Waals surface area contributed by atoms with Crippen molar-refractivity contribution >= 4 is 0 Å². The van der Waals surface area contributed by atoms with E-state index in [1.54, 1.807) is 6.20 Å². The molecule has 1 aromatic rings. The van der Waals surface area contributed by atoms with E-state index in [4.69, 9.17) is 5.11 Å². The number of imidazole rings is 1. The van der Waals surface area contributed by atoms with E-state index >= 15 is 0 Å². The Balaban J connectivity index is 2.35. The molecule has 0 aromatic carbocycles.